The molecule has 3 aliphatic rings. The van der Waals surface area contributed by atoms with Crippen LogP contribution >= 0.6 is 0 Å². The third-order valence-electron chi connectivity index (χ3n) is 10.9. The van der Waals surface area contributed by atoms with E-state index >= 15 is 0 Å². The van der Waals surface area contributed by atoms with Gasteiger partial charge in [0.1, 0.15) is 5.71 Å². The van der Waals surface area contributed by atoms with Crippen LogP contribution in [0.4, 0.5) is 0 Å². The topological polar surface area (TPSA) is 152 Å². The average molecular weight is 653 g/mol. The minimum atomic E-state index is -0.792. The van der Waals surface area contributed by atoms with Gasteiger partial charge in [-0.25, -0.2) is 5.43 Å². The summed E-state index contributed by atoms with van der Waals surface area (Å²) in [5.74, 6) is -0.205. The van der Waals surface area contributed by atoms with E-state index in [1.807, 2.05) is 6.92 Å². The summed E-state index contributed by atoms with van der Waals surface area (Å²) in [6.45, 7) is 6.54. The number of amides is 3. The molecule has 0 aromatic carbocycles. The van der Waals surface area contributed by atoms with Gasteiger partial charge in [-0.05, 0) is 88.5 Å². The Morgan fingerprint density at radius 3 is 2.28 bits per heavy atom. The Bertz CT molecular complexity index is 1300. The van der Waals surface area contributed by atoms with Crippen molar-refractivity contribution >= 4 is 35.0 Å². The lowest BCUT2D eigenvalue weighted by Crippen LogP contribution is -2.50. The highest BCUT2D eigenvalue weighted by Gasteiger charge is 2.48. The summed E-state index contributed by atoms with van der Waals surface area (Å²) in [7, 11) is 1.79. The molecule has 0 saturated heterocycles. The molecule has 11 nitrogen and oxygen atoms in total. The Labute approximate surface area is 279 Å². The summed E-state index contributed by atoms with van der Waals surface area (Å²) in [4.78, 5) is 65.7. The van der Waals surface area contributed by atoms with Crippen molar-refractivity contribution in [3.63, 3.8) is 0 Å². The lowest BCUT2D eigenvalue weighted by atomic mass is 9.61. The molecule has 3 saturated carbocycles. The van der Waals surface area contributed by atoms with Gasteiger partial charge in [-0.3, -0.25) is 28.7 Å². The smallest absolute Gasteiger partial charge is 0.240 e. The Kier molecular flexibility index (Phi) is 12.9. The number of nitrogens with zero attached hydrogens (tertiary/aromatic N) is 3. The monoisotopic (exact) mass is 652 g/mol. The van der Waals surface area contributed by atoms with Gasteiger partial charge in [0, 0.05) is 50.4 Å². The molecule has 3 aliphatic carbocycles. The van der Waals surface area contributed by atoms with E-state index in [0.717, 1.165) is 57.8 Å². The molecule has 3 fully saturated rings. The number of Topliss-reactive ketones (excluding diaryl/α,β-unsaturated/α-hetero) is 2. The molecule has 260 valence electrons. The van der Waals surface area contributed by atoms with Gasteiger partial charge in [-0.2, -0.15) is 10.2 Å². The summed E-state index contributed by atoms with van der Waals surface area (Å²) < 4.78 is 1.64. The van der Waals surface area contributed by atoms with E-state index in [-0.39, 0.29) is 65.6 Å². The van der Waals surface area contributed by atoms with Gasteiger partial charge in [0.15, 0.2) is 11.6 Å². The third kappa shape index (κ3) is 10.1. The second kappa shape index (κ2) is 16.6. The number of rotatable bonds is 17. The first-order valence-corrected chi connectivity index (χ1v) is 17.9. The van der Waals surface area contributed by atoms with Gasteiger partial charge in [0.25, 0.3) is 0 Å². The summed E-state index contributed by atoms with van der Waals surface area (Å²) in [5, 5.41) is 14.8. The number of nitrogens with one attached hydrogen (secondary N) is 3. The van der Waals surface area contributed by atoms with Crippen molar-refractivity contribution in [3.05, 3.63) is 18.0 Å². The number of carbonyl (C=O) groups is 5. The van der Waals surface area contributed by atoms with Crippen LogP contribution in [0, 0.1) is 22.7 Å². The van der Waals surface area contributed by atoms with Crippen LogP contribution in [0.15, 0.2) is 17.4 Å². The van der Waals surface area contributed by atoms with Crippen LogP contribution in [-0.4, -0.2) is 57.4 Å². The summed E-state index contributed by atoms with van der Waals surface area (Å²) in [5.41, 5.74) is 2.71. The Balaban J connectivity index is 1.46. The predicted molar refractivity (Wildman–Crippen MR) is 180 cm³/mol. The van der Waals surface area contributed by atoms with Crippen LogP contribution in [0.25, 0.3) is 0 Å². The Morgan fingerprint density at radius 2 is 1.70 bits per heavy atom. The molecule has 0 radical (unpaired) electrons. The van der Waals surface area contributed by atoms with E-state index in [0.29, 0.717) is 50.3 Å². The molecule has 0 bridgehead atoms. The van der Waals surface area contributed by atoms with Gasteiger partial charge in [0.05, 0.1) is 18.2 Å². The maximum Gasteiger partial charge on any atom is 0.240 e. The first kappa shape index (κ1) is 36.5. The molecule has 0 unspecified atom stereocenters. The molecule has 3 amide bonds. The van der Waals surface area contributed by atoms with Gasteiger partial charge < -0.3 is 10.6 Å². The molecule has 1 aromatic rings. The molecule has 1 heterocycles. The van der Waals surface area contributed by atoms with Crippen molar-refractivity contribution in [2.75, 3.05) is 6.54 Å². The number of hydrogen-bond donors (Lipinski definition) is 3. The van der Waals surface area contributed by atoms with Crippen molar-refractivity contribution in [3.8, 4) is 0 Å². The highest BCUT2D eigenvalue weighted by Crippen LogP contribution is 2.47. The molecule has 4 rings (SSSR count). The van der Waals surface area contributed by atoms with E-state index in [1.165, 1.54) is 0 Å². The van der Waals surface area contributed by atoms with Crippen molar-refractivity contribution in [2.24, 2.45) is 34.8 Å². The molecule has 0 spiro atoms. The minimum Gasteiger partial charge on any atom is -0.356 e. The fraction of sp³-hybridized carbons (Fsp3) is 0.750. The molecule has 0 aliphatic heterocycles. The fourth-order valence-corrected chi connectivity index (χ4v) is 7.85. The van der Waals surface area contributed by atoms with Crippen LogP contribution in [0.3, 0.4) is 0 Å². The van der Waals surface area contributed by atoms with Crippen LogP contribution in [0.1, 0.15) is 129 Å². The zero-order valence-electron chi connectivity index (χ0n) is 29.0. The zero-order valence-corrected chi connectivity index (χ0v) is 29.0. The molecule has 1 atom stereocenters. The maximum atomic E-state index is 14.0. The third-order valence-corrected chi connectivity index (χ3v) is 10.9. The van der Waals surface area contributed by atoms with Gasteiger partial charge >= 0.3 is 0 Å². The lowest BCUT2D eigenvalue weighted by molar-refractivity contribution is -0.130. The van der Waals surface area contributed by atoms with Crippen LogP contribution in [0.2, 0.25) is 0 Å². The SMILES string of the molecule is CCNC(=O)C1CCC(CCC(=O)N/N=C(\C(=O)Cc2ccn(C)n2)C2(CC(=O)[C@H](CC3(C)CCCC3)NC(=O)CC)CCC2)CC1. The molecule has 11 heteroatoms. The van der Waals surface area contributed by atoms with Crippen LogP contribution < -0.4 is 16.1 Å². The number of aryl methyl sites for hydroxylation is 1. The number of hydrazone groups is 1. The Hall–Kier alpha value is -3.37. The molecule has 47 heavy (non-hydrogen) atoms. The summed E-state index contributed by atoms with van der Waals surface area (Å²) in [6.07, 6.45) is 13.6. The number of ketones is 2. The zero-order chi connectivity index (χ0) is 34.0. The van der Waals surface area contributed by atoms with Gasteiger partial charge in [-0.15, -0.1) is 0 Å². The second-order valence-electron chi connectivity index (χ2n) is 14.7. The number of carbonyl (C=O) groups excluding carboxylic acids is 5. The summed E-state index contributed by atoms with van der Waals surface area (Å²) in [6, 6.07) is 1.17. The Morgan fingerprint density at radius 1 is 1.00 bits per heavy atom. The van der Waals surface area contributed by atoms with Gasteiger partial charge in [-0.1, -0.05) is 33.1 Å². The quantitative estimate of drug-likeness (QED) is 0.164. The van der Waals surface area contributed by atoms with Crippen molar-refractivity contribution in [2.45, 2.75) is 136 Å². The van der Waals surface area contributed by atoms with E-state index in [2.05, 4.69) is 33.2 Å². The van der Waals surface area contributed by atoms with Crippen LogP contribution in [-0.2, 0) is 37.4 Å². The standard InChI is InChI=1S/C36H56N6O5/c1-5-31(45)38-28(23-35(3)17-7-8-18-35)30(44)24-36(19-9-20-36)33(29(43)22-27-16-21-42(4)41-27)40-39-32(46)15-12-25-10-13-26(14-11-25)34(47)37-6-2/h16,21,25-26,28H,5-15,17-20,22-24H2,1-4H3,(H,37,47)(H,38,45)(H,39,46)/b40-33+/t25?,26?,28-/m0/s1. The number of hydrogen-bond acceptors (Lipinski definition) is 7. The predicted octanol–water partition coefficient (Wildman–Crippen LogP) is 4.72. The lowest BCUT2D eigenvalue weighted by Gasteiger charge is -2.42. The normalized spacial score (nSPS) is 22.5. The van der Waals surface area contributed by atoms with E-state index in [4.69, 9.17) is 0 Å². The second-order valence-corrected chi connectivity index (χ2v) is 14.7. The highest BCUT2D eigenvalue weighted by molar-refractivity contribution is 6.42. The highest BCUT2D eigenvalue weighted by atomic mass is 16.2. The molecule has 3 N–H and O–H groups in total. The maximum absolute atomic E-state index is 14.0. The fourth-order valence-electron chi connectivity index (χ4n) is 7.85. The first-order valence-electron chi connectivity index (χ1n) is 17.9. The van der Waals surface area contributed by atoms with Crippen molar-refractivity contribution < 1.29 is 24.0 Å². The van der Waals surface area contributed by atoms with E-state index in [1.54, 1.807) is 30.9 Å². The van der Waals surface area contributed by atoms with Crippen molar-refractivity contribution in [1.29, 1.82) is 0 Å². The van der Waals surface area contributed by atoms with E-state index in [9.17, 15) is 24.0 Å². The largest absolute Gasteiger partial charge is 0.356 e. The molecule has 1 aromatic heterocycles. The van der Waals surface area contributed by atoms with Gasteiger partial charge in [0.2, 0.25) is 17.7 Å². The van der Waals surface area contributed by atoms with Crippen LogP contribution in [0.5, 0.6) is 0 Å². The number of aromatic nitrogens is 2. The molecular weight excluding hydrogens is 596 g/mol. The van der Waals surface area contributed by atoms with Crippen molar-refractivity contribution in [1.82, 2.24) is 25.8 Å². The minimum absolute atomic E-state index is 0.00497. The van der Waals surface area contributed by atoms with E-state index < -0.39 is 11.5 Å². The average Bonchev–Trinajstić information content (AvgIpc) is 3.65. The summed E-state index contributed by atoms with van der Waals surface area (Å²) >= 11 is 0. The molecular formula is C36H56N6O5. The first-order chi connectivity index (χ1) is 22.5.